The maximum atomic E-state index is 11.7. The van der Waals surface area contributed by atoms with E-state index < -0.39 is 24.7 Å². The van der Waals surface area contributed by atoms with Crippen LogP contribution in [0.5, 0.6) is 0 Å². The van der Waals surface area contributed by atoms with Crippen molar-refractivity contribution in [3.05, 3.63) is 0 Å². The minimum atomic E-state index is -1.14. The van der Waals surface area contributed by atoms with Crippen LogP contribution in [0.2, 0.25) is 19.6 Å². The summed E-state index contributed by atoms with van der Waals surface area (Å²) in [5.74, 6) is 0. The van der Waals surface area contributed by atoms with Crippen LogP contribution in [0.1, 0.15) is 60.8 Å². The van der Waals surface area contributed by atoms with Gasteiger partial charge in [0.1, 0.15) is 18.6 Å². The highest BCUT2D eigenvalue weighted by atomic mass is 35.6. The van der Waals surface area contributed by atoms with Gasteiger partial charge in [-0.25, -0.2) is 19.2 Å². The number of hydrogen-bond acceptors (Lipinski definition) is 10. The maximum absolute atomic E-state index is 11.7. The van der Waals surface area contributed by atoms with Crippen LogP contribution < -0.4 is 21.7 Å². The van der Waals surface area contributed by atoms with Crippen molar-refractivity contribution >= 4 is 55.2 Å². The van der Waals surface area contributed by atoms with Crippen LogP contribution in [-0.4, -0.2) is 124 Å². The molecule has 46 heavy (non-hydrogen) atoms. The van der Waals surface area contributed by atoms with Gasteiger partial charge >= 0.3 is 24.4 Å². The Morgan fingerprint density at radius 3 is 1.54 bits per heavy atom. The molecule has 0 radical (unpaired) electrons. The van der Waals surface area contributed by atoms with E-state index >= 15 is 0 Å². The van der Waals surface area contributed by atoms with E-state index in [0.29, 0.717) is 26.1 Å². The van der Waals surface area contributed by atoms with E-state index in [4.69, 9.17) is 26.3 Å². The smallest absolute Gasteiger partial charge is 0.410 e. The van der Waals surface area contributed by atoms with E-state index in [2.05, 4.69) is 45.1 Å². The molecular weight excluding hydrogens is 659 g/mol. The first-order chi connectivity index (χ1) is 20.5. The monoisotopic (exact) mass is 718 g/mol. The van der Waals surface area contributed by atoms with Crippen LogP contribution in [0, 0.1) is 0 Å². The molecule has 3 unspecified atom stereocenters. The molecule has 3 rings (SSSR count). The Kier molecular flexibility index (Phi) is 21.6. The molecule has 272 valence electrons. The van der Waals surface area contributed by atoms with Crippen LogP contribution in [0.25, 0.3) is 0 Å². The summed E-state index contributed by atoms with van der Waals surface area (Å²) in [4.78, 5) is 48.0. The van der Waals surface area contributed by atoms with Crippen LogP contribution in [-0.2, 0) is 18.9 Å². The second kappa shape index (κ2) is 21.6. The molecule has 0 bridgehead atoms. The third-order valence-corrected chi connectivity index (χ3v) is 5.79. The zero-order valence-electron chi connectivity index (χ0n) is 29.6. The van der Waals surface area contributed by atoms with E-state index in [1.807, 2.05) is 41.5 Å². The number of halogens is 2. The lowest BCUT2D eigenvalue weighted by Gasteiger charge is -2.24. The molecule has 0 spiro atoms. The summed E-state index contributed by atoms with van der Waals surface area (Å²) in [6.07, 6.45) is 1.18. The number of nitrogens with zero attached hydrogens (tertiary/aromatic N) is 2. The normalized spacial score (nSPS) is 20.6. The molecule has 3 fully saturated rings. The molecule has 3 aliphatic heterocycles. The maximum Gasteiger partial charge on any atom is 0.410 e. The van der Waals surface area contributed by atoms with Crippen molar-refractivity contribution < 1.29 is 38.1 Å². The van der Waals surface area contributed by atoms with E-state index in [0.717, 1.165) is 32.5 Å². The second-order valence-electron chi connectivity index (χ2n) is 13.9. The Bertz CT molecular complexity index is 919. The predicted molar refractivity (Wildman–Crippen MR) is 185 cm³/mol. The fraction of sp³-hybridized carbons (Fsp3) is 0.862. The second-order valence-corrected chi connectivity index (χ2v) is 21.5. The molecule has 17 heteroatoms. The lowest BCUT2D eigenvalue weighted by atomic mass is 10.2. The van der Waals surface area contributed by atoms with Crippen LogP contribution in [0.15, 0.2) is 0 Å². The Labute approximate surface area is 287 Å². The topological polar surface area (TPSA) is 174 Å². The van der Waals surface area contributed by atoms with Crippen molar-refractivity contribution in [3.63, 3.8) is 0 Å². The number of hydrogen-bond donors (Lipinski definition) is 4. The first-order valence-electron chi connectivity index (χ1n) is 15.3. The summed E-state index contributed by atoms with van der Waals surface area (Å²) in [6, 6.07) is 0.315. The van der Waals surface area contributed by atoms with Gasteiger partial charge in [-0.3, -0.25) is 0 Å². The number of likely N-dealkylation sites (tertiary alicyclic amines) is 2. The number of carbonyl (C=O) groups excluding carboxylic acids is 4. The molecule has 5 N–H and O–H groups in total. The third-order valence-electron chi connectivity index (χ3n) is 5.79. The van der Waals surface area contributed by atoms with Gasteiger partial charge in [-0.15, -0.1) is 12.4 Å². The zero-order valence-corrected chi connectivity index (χ0v) is 32.2. The first kappa shape index (κ1) is 45.9. The fourth-order valence-electron chi connectivity index (χ4n) is 3.88. The Balaban J connectivity index is 0. The summed E-state index contributed by atoms with van der Waals surface area (Å²) in [5.41, 5.74) is 4.77. The predicted octanol–water partition coefficient (Wildman–Crippen LogP) is 4.49. The van der Waals surface area contributed by atoms with Crippen LogP contribution in [0.3, 0.4) is 0 Å². The van der Waals surface area contributed by atoms with Gasteiger partial charge in [0, 0.05) is 44.8 Å². The van der Waals surface area contributed by atoms with Gasteiger partial charge < -0.3 is 50.4 Å². The molecular formula is C29H60Cl2N6O8Si. The Morgan fingerprint density at radius 2 is 1.20 bits per heavy atom. The van der Waals surface area contributed by atoms with E-state index in [1.54, 1.807) is 9.80 Å². The standard InChI is InChI=1S/C11H20N2O4.C9H18N2O2.C6H12N2O2.C3H9ClSi.ClH/c1-11(2,3)17-10(15)13-6-5-8(7-13)12-9(14)16-4;1-9(2,3)13-8(12)11-5-4-7(10)6-11;1-10-6(9)8-5-2-3-7-4-5;1-5(2,3)4;/h8H,5-7H2,1-4H3,(H,12,14);7H,4-6,10H2,1-3H3;5,7H,2-4H2,1H3,(H,8,9);1-3H3;1H. The largest absolute Gasteiger partial charge is 0.453 e. The minimum absolute atomic E-state index is 0. The summed E-state index contributed by atoms with van der Waals surface area (Å²) < 4.78 is 19.4. The summed E-state index contributed by atoms with van der Waals surface area (Å²) in [7, 11) is 1.55. The fourth-order valence-corrected chi connectivity index (χ4v) is 3.88. The lowest BCUT2D eigenvalue weighted by molar-refractivity contribution is 0.0281. The van der Waals surface area contributed by atoms with Gasteiger partial charge in [-0.1, -0.05) is 19.6 Å². The van der Waals surface area contributed by atoms with Crippen molar-refractivity contribution in [2.24, 2.45) is 5.73 Å². The van der Waals surface area contributed by atoms with Crippen molar-refractivity contribution in [2.45, 2.75) is 110 Å². The molecule has 3 saturated heterocycles. The summed E-state index contributed by atoms with van der Waals surface area (Å²) in [6.45, 7) is 21.6. The number of carbonyl (C=O) groups is 4. The van der Waals surface area contributed by atoms with Crippen LogP contribution in [0.4, 0.5) is 19.2 Å². The van der Waals surface area contributed by atoms with Gasteiger partial charge in [0.25, 0.3) is 0 Å². The molecule has 3 heterocycles. The number of nitrogens with two attached hydrogens (primary N) is 1. The lowest BCUT2D eigenvalue weighted by Crippen LogP contribution is -2.40. The van der Waals surface area contributed by atoms with Gasteiger partial charge in [0.05, 0.1) is 20.3 Å². The van der Waals surface area contributed by atoms with Gasteiger partial charge in [-0.05, 0) is 67.3 Å². The summed E-state index contributed by atoms with van der Waals surface area (Å²) >= 11 is 5.67. The highest BCUT2D eigenvalue weighted by molar-refractivity contribution is 7.18. The van der Waals surface area contributed by atoms with Crippen molar-refractivity contribution in [1.82, 2.24) is 25.8 Å². The molecule has 0 aromatic rings. The quantitative estimate of drug-likeness (QED) is 0.181. The average Bonchev–Trinajstić information content (AvgIpc) is 3.64. The van der Waals surface area contributed by atoms with E-state index in [9.17, 15) is 19.2 Å². The third kappa shape index (κ3) is 25.0. The molecule has 3 atom stereocenters. The highest BCUT2D eigenvalue weighted by Crippen LogP contribution is 2.16. The van der Waals surface area contributed by atoms with Crippen molar-refractivity contribution in [3.8, 4) is 0 Å². The molecule has 0 aliphatic carbocycles. The molecule has 0 saturated carbocycles. The molecule has 0 aromatic heterocycles. The number of rotatable bonds is 2. The molecule has 3 aliphatic rings. The minimum Gasteiger partial charge on any atom is -0.453 e. The highest BCUT2D eigenvalue weighted by Gasteiger charge is 2.31. The number of nitrogens with one attached hydrogen (secondary N) is 3. The van der Waals surface area contributed by atoms with Gasteiger partial charge in [0.15, 0.2) is 0 Å². The SMILES string of the molecule is CC(C)(C)OC(=O)N1CCC(N)C1.COC(=O)NC1CCN(C(=O)OC(C)(C)C)C1.COC(=O)NC1CCNC1.C[Si](C)(C)Cl.Cl. The Morgan fingerprint density at radius 1 is 0.783 bits per heavy atom. The van der Waals surface area contributed by atoms with Crippen molar-refractivity contribution in [1.29, 1.82) is 0 Å². The molecule has 14 nitrogen and oxygen atoms in total. The number of ether oxygens (including phenoxy) is 4. The summed E-state index contributed by atoms with van der Waals surface area (Å²) in [5, 5.41) is 8.50. The number of alkyl carbamates (subject to hydrolysis) is 2. The van der Waals surface area contributed by atoms with Crippen LogP contribution >= 0.6 is 23.5 Å². The van der Waals surface area contributed by atoms with Gasteiger partial charge in [-0.2, -0.15) is 11.1 Å². The van der Waals surface area contributed by atoms with Gasteiger partial charge in [0.2, 0.25) is 0 Å². The molecule has 4 amide bonds. The molecule has 0 aromatic carbocycles. The first-order valence-corrected chi connectivity index (χ1v) is 19.8. The Hall–Kier alpha value is -2.20. The van der Waals surface area contributed by atoms with E-state index in [1.165, 1.54) is 14.2 Å². The van der Waals surface area contributed by atoms with E-state index in [-0.39, 0.29) is 48.8 Å². The average molecular weight is 720 g/mol. The number of amides is 4. The zero-order chi connectivity index (χ0) is 35.0. The van der Waals surface area contributed by atoms with Crippen molar-refractivity contribution in [2.75, 3.05) is 53.5 Å². The number of methoxy groups -OCH3 is 2.